The van der Waals surface area contributed by atoms with E-state index in [9.17, 15) is 13.2 Å². The van der Waals surface area contributed by atoms with Gasteiger partial charge in [-0.25, -0.2) is 18.1 Å². The molecule has 2 aromatic heterocycles. The van der Waals surface area contributed by atoms with Crippen molar-refractivity contribution in [1.82, 2.24) is 23.6 Å². The molecular weight excluding hydrogens is 342 g/mol. The van der Waals surface area contributed by atoms with Crippen molar-refractivity contribution in [1.29, 1.82) is 0 Å². The van der Waals surface area contributed by atoms with Crippen molar-refractivity contribution in [3.63, 3.8) is 0 Å². The molecule has 1 saturated carbocycles. The van der Waals surface area contributed by atoms with Crippen LogP contribution in [0.4, 0.5) is 0 Å². The minimum absolute atomic E-state index is 0.0805. The Morgan fingerprint density at radius 1 is 1.24 bits per heavy atom. The molecule has 0 atom stereocenters. The molecule has 0 radical (unpaired) electrons. The second-order valence-electron chi connectivity index (χ2n) is 6.98. The summed E-state index contributed by atoms with van der Waals surface area (Å²) in [5.41, 5.74) is 0.832. The maximum absolute atomic E-state index is 12.6. The van der Waals surface area contributed by atoms with Crippen LogP contribution in [-0.4, -0.2) is 45.1 Å². The van der Waals surface area contributed by atoms with Crippen LogP contribution in [0.1, 0.15) is 30.3 Å². The number of sulfonamides is 1. The van der Waals surface area contributed by atoms with Gasteiger partial charge in [0.25, 0.3) is 15.6 Å². The summed E-state index contributed by atoms with van der Waals surface area (Å²) in [5.74, 6) is 1.24. The van der Waals surface area contributed by atoms with E-state index in [1.54, 1.807) is 30.7 Å². The van der Waals surface area contributed by atoms with Gasteiger partial charge in [0.15, 0.2) is 5.03 Å². The van der Waals surface area contributed by atoms with Crippen molar-refractivity contribution in [2.45, 2.75) is 37.3 Å². The summed E-state index contributed by atoms with van der Waals surface area (Å²) in [4.78, 5) is 16.1. The summed E-state index contributed by atoms with van der Waals surface area (Å²) in [6.45, 7) is 3.00. The van der Waals surface area contributed by atoms with Crippen molar-refractivity contribution < 1.29 is 8.42 Å². The lowest BCUT2D eigenvalue weighted by molar-refractivity contribution is 0.172. The van der Waals surface area contributed by atoms with Gasteiger partial charge in [-0.3, -0.25) is 4.79 Å². The Morgan fingerprint density at radius 3 is 2.56 bits per heavy atom. The number of aromatic nitrogens is 4. The molecule has 3 heterocycles. The zero-order chi connectivity index (χ0) is 17.8. The monoisotopic (exact) mass is 363 g/mol. The van der Waals surface area contributed by atoms with Gasteiger partial charge in [-0.2, -0.15) is 9.40 Å². The first-order valence-electron chi connectivity index (χ1n) is 8.43. The number of aryl methyl sites for hydroxylation is 2. The molecule has 4 rings (SSSR count). The van der Waals surface area contributed by atoms with Gasteiger partial charge in [-0.15, -0.1) is 0 Å². The molecule has 0 aromatic carbocycles. The van der Waals surface area contributed by atoms with E-state index in [4.69, 9.17) is 0 Å². The van der Waals surface area contributed by atoms with E-state index in [1.165, 1.54) is 15.2 Å². The van der Waals surface area contributed by atoms with Gasteiger partial charge in [0.05, 0.1) is 12.2 Å². The molecule has 0 N–H and O–H groups in total. The van der Waals surface area contributed by atoms with Crippen molar-refractivity contribution in [2.24, 2.45) is 13.0 Å². The average molecular weight is 363 g/mol. The lowest BCUT2D eigenvalue weighted by Crippen LogP contribution is -2.52. The third-order valence-corrected chi connectivity index (χ3v) is 6.63. The van der Waals surface area contributed by atoms with E-state index < -0.39 is 10.0 Å². The first-order chi connectivity index (χ1) is 11.8. The Kier molecular flexibility index (Phi) is 3.80. The van der Waals surface area contributed by atoms with Crippen molar-refractivity contribution in [3.05, 3.63) is 40.2 Å². The van der Waals surface area contributed by atoms with Gasteiger partial charge in [-0.1, -0.05) is 0 Å². The van der Waals surface area contributed by atoms with Crippen LogP contribution < -0.4 is 5.56 Å². The molecule has 25 heavy (non-hydrogen) atoms. The molecule has 8 nitrogen and oxygen atoms in total. The lowest BCUT2D eigenvalue weighted by atomic mass is 10.0. The molecule has 0 bridgehead atoms. The Bertz CT molecular complexity index is 948. The maximum Gasteiger partial charge on any atom is 0.266 e. The number of rotatable bonds is 5. The van der Waals surface area contributed by atoms with Crippen LogP contribution in [0.3, 0.4) is 0 Å². The highest BCUT2D eigenvalue weighted by Gasteiger charge is 2.38. The fourth-order valence-electron chi connectivity index (χ4n) is 3.05. The molecule has 0 unspecified atom stereocenters. The van der Waals surface area contributed by atoms with E-state index in [0.717, 1.165) is 18.5 Å². The summed E-state index contributed by atoms with van der Waals surface area (Å²) in [5, 5.41) is 4.52. The molecule has 1 aliphatic carbocycles. The van der Waals surface area contributed by atoms with Gasteiger partial charge in [-0.05, 0) is 25.8 Å². The smallest absolute Gasteiger partial charge is 0.266 e. The zero-order valence-corrected chi connectivity index (χ0v) is 15.1. The van der Waals surface area contributed by atoms with Crippen LogP contribution in [0.5, 0.6) is 0 Å². The number of nitrogens with zero attached hydrogens (tertiary/aromatic N) is 5. The molecule has 1 saturated heterocycles. The lowest BCUT2D eigenvalue weighted by Gasteiger charge is -2.37. The Morgan fingerprint density at radius 2 is 1.96 bits per heavy atom. The van der Waals surface area contributed by atoms with Crippen molar-refractivity contribution in [3.8, 4) is 0 Å². The van der Waals surface area contributed by atoms with Gasteiger partial charge < -0.3 is 4.57 Å². The summed E-state index contributed by atoms with van der Waals surface area (Å²) in [6.07, 6.45) is 3.79. The number of hydrogen-bond acceptors (Lipinski definition) is 5. The van der Waals surface area contributed by atoms with Crippen LogP contribution in [0.25, 0.3) is 0 Å². The van der Waals surface area contributed by atoms with Gasteiger partial charge in [0.2, 0.25) is 0 Å². The van der Waals surface area contributed by atoms with E-state index in [-0.39, 0.29) is 16.5 Å². The maximum atomic E-state index is 12.6. The summed E-state index contributed by atoms with van der Waals surface area (Å²) < 4.78 is 29.7. The van der Waals surface area contributed by atoms with E-state index >= 15 is 0 Å². The number of imidazole rings is 1. The van der Waals surface area contributed by atoms with Crippen molar-refractivity contribution in [2.75, 3.05) is 13.1 Å². The molecule has 0 spiro atoms. The summed E-state index contributed by atoms with van der Waals surface area (Å²) in [7, 11) is -1.79. The van der Waals surface area contributed by atoms with Gasteiger partial charge in [0.1, 0.15) is 5.82 Å². The Hall–Kier alpha value is -2.00. The zero-order valence-electron chi connectivity index (χ0n) is 14.3. The summed E-state index contributed by atoms with van der Waals surface area (Å²) >= 11 is 0. The van der Waals surface area contributed by atoms with Gasteiger partial charge >= 0.3 is 0 Å². The highest BCUT2D eigenvalue weighted by molar-refractivity contribution is 7.89. The molecule has 2 aliphatic rings. The normalized spacial score (nSPS) is 19.1. The van der Waals surface area contributed by atoms with E-state index in [2.05, 4.69) is 10.1 Å². The topological polar surface area (TPSA) is 90.1 Å². The van der Waals surface area contributed by atoms with Crippen LogP contribution >= 0.6 is 0 Å². The molecular formula is C16H21N5O3S. The average Bonchev–Trinajstić information content (AvgIpc) is 3.30. The predicted molar refractivity (Wildman–Crippen MR) is 90.7 cm³/mol. The van der Waals surface area contributed by atoms with Crippen LogP contribution in [0, 0.1) is 12.8 Å². The Labute approximate surface area is 146 Å². The minimum atomic E-state index is -3.56. The second kappa shape index (κ2) is 5.77. The predicted octanol–water partition coefficient (Wildman–Crippen LogP) is 0.483. The van der Waals surface area contributed by atoms with Crippen LogP contribution in [0.15, 0.2) is 28.2 Å². The van der Waals surface area contributed by atoms with Gasteiger partial charge in [0, 0.05) is 44.2 Å². The Balaban J connectivity index is 1.44. The van der Waals surface area contributed by atoms with E-state index in [0.29, 0.717) is 31.4 Å². The molecule has 2 fully saturated rings. The largest absolute Gasteiger partial charge is 0.337 e. The van der Waals surface area contributed by atoms with Crippen molar-refractivity contribution >= 4 is 10.0 Å². The SMILES string of the molecule is Cc1nc(S(=O)(=O)N2CC(Cn3nc(C4CC4)ccc3=O)C2)cn1C. The quantitative estimate of drug-likeness (QED) is 0.771. The summed E-state index contributed by atoms with van der Waals surface area (Å²) in [6, 6.07) is 3.36. The fourth-order valence-corrected chi connectivity index (χ4v) is 4.67. The minimum Gasteiger partial charge on any atom is -0.337 e. The molecule has 0 amide bonds. The number of hydrogen-bond donors (Lipinski definition) is 0. The second-order valence-corrected chi connectivity index (χ2v) is 8.86. The first-order valence-corrected chi connectivity index (χ1v) is 9.87. The highest BCUT2D eigenvalue weighted by Crippen LogP contribution is 2.38. The third kappa shape index (κ3) is 3.02. The third-order valence-electron chi connectivity index (χ3n) is 4.93. The molecule has 9 heteroatoms. The molecule has 2 aromatic rings. The molecule has 1 aliphatic heterocycles. The fraction of sp³-hybridized carbons (Fsp3) is 0.562. The van der Waals surface area contributed by atoms with E-state index in [1.807, 2.05) is 0 Å². The van der Waals surface area contributed by atoms with Crippen LogP contribution in [0.2, 0.25) is 0 Å². The standard InChI is InChI=1S/C16H21N5O3S/c1-11-17-15(10-19(11)2)25(23,24)20-7-12(8-20)9-21-16(22)6-5-14(18-21)13-3-4-13/h5-6,10,12-13H,3-4,7-9H2,1-2H3. The van der Waals surface area contributed by atoms with Crippen LogP contribution in [-0.2, 0) is 23.6 Å². The molecule has 134 valence electrons. The highest BCUT2D eigenvalue weighted by atomic mass is 32.2. The first kappa shape index (κ1) is 16.5.